The summed E-state index contributed by atoms with van der Waals surface area (Å²) in [4.78, 5) is 0. The van der Waals surface area contributed by atoms with Crippen molar-refractivity contribution in [2.24, 2.45) is 11.8 Å². The molecule has 0 fully saturated rings. The van der Waals surface area contributed by atoms with Gasteiger partial charge in [0.2, 0.25) is 0 Å². The minimum absolute atomic E-state index is 0. The zero-order chi connectivity index (χ0) is 20.5. The molecule has 0 aliphatic carbocycles. The van der Waals surface area contributed by atoms with Crippen molar-refractivity contribution >= 4 is 0 Å². The summed E-state index contributed by atoms with van der Waals surface area (Å²) in [6.07, 6.45) is 2.19. The fraction of sp³-hybridized carbons (Fsp3) is 0.760. The number of hydrogen-bond acceptors (Lipinski definition) is 0. The number of allylic oxidation sites excluding steroid dienone is 5. The van der Waals surface area contributed by atoms with Crippen molar-refractivity contribution in [2.45, 2.75) is 117 Å². The van der Waals surface area contributed by atoms with Crippen LogP contribution in [0.3, 0.4) is 0 Å². The minimum Gasteiger partial charge on any atom is -0.0912 e. The van der Waals surface area contributed by atoms with Crippen LogP contribution < -0.4 is 0 Å². The quantitative estimate of drug-likeness (QED) is 0.416. The lowest BCUT2D eigenvalue weighted by Crippen LogP contribution is -2.06. The molecule has 0 radical (unpaired) electrons. The monoisotopic (exact) mass is 354 g/mol. The molecule has 0 unspecified atom stereocenters. The van der Waals surface area contributed by atoms with E-state index in [1.165, 1.54) is 27.9 Å². The second-order valence-corrected chi connectivity index (χ2v) is 5.85. The summed E-state index contributed by atoms with van der Waals surface area (Å²) in [5.41, 5.74) is 7.18. The van der Waals surface area contributed by atoms with Crippen molar-refractivity contribution < 1.29 is 0 Å². The third kappa shape index (κ3) is 14.1. The summed E-state index contributed by atoms with van der Waals surface area (Å²) < 4.78 is 0. The van der Waals surface area contributed by atoms with Crippen LogP contribution in [0.4, 0.5) is 0 Å². The van der Waals surface area contributed by atoms with Gasteiger partial charge in [-0.15, -0.1) is 0 Å². The first kappa shape index (κ1) is 35.4. The Hall–Kier alpha value is -0.780. The maximum atomic E-state index is 4.40. The van der Waals surface area contributed by atoms with E-state index in [1.54, 1.807) is 0 Å². The molecule has 0 aromatic rings. The van der Waals surface area contributed by atoms with Crippen molar-refractivity contribution in [1.29, 1.82) is 0 Å². The molecule has 25 heavy (non-hydrogen) atoms. The molecule has 0 rings (SSSR count). The summed E-state index contributed by atoms with van der Waals surface area (Å²) >= 11 is 0. The van der Waals surface area contributed by atoms with Crippen LogP contribution in [0.25, 0.3) is 0 Å². The molecule has 0 nitrogen and oxygen atoms in total. The molecule has 154 valence electrons. The highest BCUT2D eigenvalue weighted by atomic mass is 14.2. The van der Waals surface area contributed by atoms with Crippen LogP contribution in [0.15, 0.2) is 34.4 Å². The number of rotatable bonds is 6. The minimum atomic E-state index is 0. The SMILES string of the molecule is C.C=C(/C(=C(/C)CC)C(C)C)/C(CC)=C(\C)C(C)C.CC.CC.CC. The molecule has 0 N–H and O–H groups in total. The van der Waals surface area contributed by atoms with Gasteiger partial charge in [0.1, 0.15) is 0 Å². The molecule has 0 atom stereocenters. The zero-order valence-electron chi connectivity index (χ0n) is 19.8. The van der Waals surface area contributed by atoms with Crippen LogP contribution >= 0.6 is 0 Å². The molecule has 0 saturated carbocycles. The summed E-state index contributed by atoms with van der Waals surface area (Å²) in [6, 6.07) is 0. The standard InChI is InChI=1S/C18H32.3C2H6.CH4/c1-10-14(7)18(13(5)6)16(9)17(11-2)15(8)12(3)4;3*1-2;/h12-13H,9-11H2,1-8H3;3*1-2H3;1H4/b17-15+,18-14-;;;;. The van der Waals surface area contributed by atoms with Crippen LogP contribution in [0, 0.1) is 11.8 Å². The lowest BCUT2D eigenvalue weighted by Gasteiger charge is -2.23. The molecular weight excluding hydrogens is 300 g/mol. The van der Waals surface area contributed by atoms with E-state index in [4.69, 9.17) is 0 Å². The lowest BCUT2D eigenvalue weighted by atomic mass is 9.82. The van der Waals surface area contributed by atoms with Gasteiger partial charge in [0.05, 0.1) is 0 Å². The Balaban J connectivity index is -0.000000171. The third-order valence-corrected chi connectivity index (χ3v) is 3.95. The second kappa shape index (κ2) is 23.2. The molecular formula is C25H54. The highest BCUT2D eigenvalue weighted by molar-refractivity contribution is 5.49. The van der Waals surface area contributed by atoms with E-state index in [2.05, 4.69) is 62.0 Å². The molecule has 0 aromatic carbocycles. The maximum absolute atomic E-state index is 4.40. The van der Waals surface area contributed by atoms with Gasteiger partial charge in [0.25, 0.3) is 0 Å². The first-order valence-corrected chi connectivity index (χ1v) is 10.4. The predicted octanol–water partition coefficient (Wildman–Crippen LogP) is 10.0. The third-order valence-electron chi connectivity index (χ3n) is 3.95. The van der Waals surface area contributed by atoms with Gasteiger partial charge in [-0.3, -0.25) is 0 Å². The second-order valence-electron chi connectivity index (χ2n) is 5.85. The van der Waals surface area contributed by atoms with Crippen molar-refractivity contribution in [3.8, 4) is 0 Å². The van der Waals surface area contributed by atoms with Gasteiger partial charge in [-0.1, -0.05) is 108 Å². The highest BCUT2D eigenvalue weighted by Gasteiger charge is 2.16. The van der Waals surface area contributed by atoms with Crippen LogP contribution in [0.1, 0.15) is 117 Å². The summed E-state index contributed by atoms with van der Waals surface area (Å²) in [5, 5.41) is 0. The van der Waals surface area contributed by atoms with E-state index in [1.807, 2.05) is 41.5 Å². The molecule has 0 aromatic heterocycles. The Labute approximate surface area is 163 Å². The first-order valence-electron chi connectivity index (χ1n) is 10.4. The van der Waals surface area contributed by atoms with Crippen LogP contribution in [-0.4, -0.2) is 0 Å². The van der Waals surface area contributed by atoms with Crippen molar-refractivity contribution in [1.82, 2.24) is 0 Å². The van der Waals surface area contributed by atoms with Crippen LogP contribution in [0.5, 0.6) is 0 Å². The Kier molecular flexibility index (Phi) is 32.8. The van der Waals surface area contributed by atoms with Gasteiger partial charge >= 0.3 is 0 Å². The average molecular weight is 355 g/mol. The van der Waals surface area contributed by atoms with Crippen LogP contribution in [-0.2, 0) is 0 Å². The molecule has 0 spiro atoms. The lowest BCUT2D eigenvalue weighted by molar-refractivity contribution is 0.732. The summed E-state index contributed by atoms with van der Waals surface area (Å²) in [5.74, 6) is 1.16. The summed E-state index contributed by atoms with van der Waals surface area (Å²) in [7, 11) is 0. The summed E-state index contributed by atoms with van der Waals surface area (Å²) in [6.45, 7) is 34.5. The fourth-order valence-corrected chi connectivity index (χ4v) is 2.53. The van der Waals surface area contributed by atoms with Gasteiger partial charge in [-0.2, -0.15) is 0 Å². The van der Waals surface area contributed by atoms with E-state index in [9.17, 15) is 0 Å². The Morgan fingerprint density at radius 1 is 0.720 bits per heavy atom. The Morgan fingerprint density at radius 3 is 1.28 bits per heavy atom. The van der Waals surface area contributed by atoms with Gasteiger partial charge in [0.15, 0.2) is 0 Å². The molecule has 0 heteroatoms. The van der Waals surface area contributed by atoms with Gasteiger partial charge in [-0.25, -0.2) is 0 Å². The van der Waals surface area contributed by atoms with Gasteiger partial charge < -0.3 is 0 Å². The average Bonchev–Trinajstić information content (AvgIpc) is 2.60. The predicted molar refractivity (Wildman–Crippen MR) is 126 cm³/mol. The Bertz CT molecular complexity index is 348. The van der Waals surface area contributed by atoms with Crippen molar-refractivity contribution in [3.05, 3.63) is 34.4 Å². The van der Waals surface area contributed by atoms with Gasteiger partial charge in [-0.05, 0) is 55.2 Å². The molecule has 0 saturated heterocycles. The van der Waals surface area contributed by atoms with E-state index in [0.717, 1.165) is 12.8 Å². The van der Waals surface area contributed by atoms with Crippen LogP contribution in [0.2, 0.25) is 0 Å². The van der Waals surface area contributed by atoms with Gasteiger partial charge in [0, 0.05) is 0 Å². The highest BCUT2D eigenvalue weighted by Crippen LogP contribution is 2.33. The zero-order valence-corrected chi connectivity index (χ0v) is 19.8. The number of hydrogen-bond donors (Lipinski definition) is 0. The van der Waals surface area contributed by atoms with E-state index >= 15 is 0 Å². The molecule has 0 bridgehead atoms. The van der Waals surface area contributed by atoms with E-state index in [-0.39, 0.29) is 7.43 Å². The van der Waals surface area contributed by atoms with Crippen molar-refractivity contribution in [2.75, 3.05) is 0 Å². The molecule has 0 aliphatic heterocycles. The molecule has 0 heterocycles. The van der Waals surface area contributed by atoms with E-state index in [0.29, 0.717) is 11.8 Å². The normalized spacial score (nSPS) is 11.4. The Morgan fingerprint density at radius 2 is 1.08 bits per heavy atom. The largest absolute Gasteiger partial charge is 0.0912 e. The molecule has 0 aliphatic rings. The smallest absolute Gasteiger partial charge is 0.0214 e. The topological polar surface area (TPSA) is 0 Å². The first-order chi connectivity index (χ1) is 11.3. The van der Waals surface area contributed by atoms with Crippen molar-refractivity contribution in [3.63, 3.8) is 0 Å². The molecule has 0 amide bonds. The maximum Gasteiger partial charge on any atom is -0.0214 e. The fourth-order valence-electron chi connectivity index (χ4n) is 2.53. The van der Waals surface area contributed by atoms with E-state index < -0.39 is 0 Å².